The maximum atomic E-state index is 15.0. The van der Waals surface area contributed by atoms with E-state index in [2.05, 4.69) is 0 Å². The van der Waals surface area contributed by atoms with Crippen LogP contribution in [0, 0.1) is 11.6 Å². The Balaban J connectivity index is 1.66. The van der Waals surface area contributed by atoms with Gasteiger partial charge in [0.15, 0.2) is 0 Å². The second-order valence-corrected chi connectivity index (χ2v) is 7.49. The maximum Gasteiger partial charge on any atom is 0.310 e. The molecule has 0 saturated carbocycles. The molecule has 0 atom stereocenters. The molecular weight excluding hydrogens is 428 g/mol. The fraction of sp³-hybridized carbons (Fsp3) is 0.192. The third kappa shape index (κ3) is 4.88. The SMILES string of the molecule is CCOC(=O)Cc1cc(F)ccc1OCc1cc(-c2cccc(CN)c2F)c2occc2c1. The highest BCUT2D eigenvalue weighted by Gasteiger charge is 2.16. The van der Waals surface area contributed by atoms with Crippen LogP contribution >= 0.6 is 0 Å². The van der Waals surface area contributed by atoms with Crippen molar-refractivity contribution in [2.24, 2.45) is 5.73 Å². The number of carbonyl (C=O) groups is 1. The molecule has 0 amide bonds. The highest BCUT2D eigenvalue weighted by molar-refractivity contribution is 5.93. The summed E-state index contributed by atoms with van der Waals surface area (Å²) in [6, 6.07) is 14.5. The summed E-state index contributed by atoms with van der Waals surface area (Å²) in [6.45, 7) is 2.14. The van der Waals surface area contributed by atoms with E-state index < -0.39 is 17.6 Å². The molecule has 3 aromatic carbocycles. The molecule has 0 radical (unpaired) electrons. The van der Waals surface area contributed by atoms with E-state index in [9.17, 15) is 9.18 Å². The molecule has 2 N–H and O–H groups in total. The predicted octanol–water partition coefficient (Wildman–Crippen LogP) is 5.52. The molecule has 0 spiro atoms. The second kappa shape index (κ2) is 9.83. The summed E-state index contributed by atoms with van der Waals surface area (Å²) in [5, 5.41) is 0.787. The first kappa shape index (κ1) is 22.5. The molecule has 0 aliphatic carbocycles. The quantitative estimate of drug-likeness (QED) is 0.357. The Hall–Kier alpha value is -3.71. The van der Waals surface area contributed by atoms with E-state index in [0.717, 1.165) is 10.9 Å². The number of ether oxygens (including phenoxy) is 2. The van der Waals surface area contributed by atoms with E-state index in [-0.39, 0.29) is 26.2 Å². The van der Waals surface area contributed by atoms with Crippen molar-refractivity contribution >= 4 is 16.9 Å². The summed E-state index contributed by atoms with van der Waals surface area (Å²) in [5.74, 6) is -0.968. The minimum Gasteiger partial charge on any atom is -0.489 e. The van der Waals surface area contributed by atoms with Gasteiger partial charge in [0.05, 0.1) is 19.3 Å². The largest absolute Gasteiger partial charge is 0.489 e. The number of esters is 1. The molecule has 7 heteroatoms. The monoisotopic (exact) mass is 451 g/mol. The first-order valence-electron chi connectivity index (χ1n) is 10.5. The molecule has 1 aromatic heterocycles. The molecule has 33 heavy (non-hydrogen) atoms. The molecule has 4 rings (SSSR count). The first-order valence-corrected chi connectivity index (χ1v) is 10.5. The number of nitrogens with two attached hydrogens (primary N) is 1. The van der Waals surface area contributed by atoms with E-state index in [4.69, 9.17) is 19.6 Å². The van der Waals surface area contributed by atoms with Crippen LogP contribution in [0.15, 0.2) is 65.3 Å². The van der Waals surface area contributed by atoms with Crippen molar-refractivity contribution in [2.45, 2.75) is 26.5 Å². The molecule has 170 valence electrons. The topological polar surface area (TPSA) is 74.7 Å². The third-order valence-electron chi connectivity index (χ3n) is 5.26. The number of hydrogen-bond acceptors (Lipinski definition) is 5. The summed E-state index contributed by atoms with van der Waals surface area (Å²) in [6.07, 6.45) is 1.44. The number of benzene rings is 3. The van der Waals surface area contributed by atoms with Crippen molar-refractivity contribution in [1.82, 2.24) is 0 Å². The molecule has 0 saturated heterocycles. The maximum absolute atomic E-state index is 15.0. The smallest absolute Gasteiger partial charge is 0.310 e. The van der Waals surface area contributed by atoms with Gasteiger partial charge >= 0.3 is 5.97 Å². The second-order valence-electron chi connectivity index (χ2n) is 7.49. The van der Waals surface area contributed by atoms with E-state index in [1.165, 1.54) is 18.2 Å². The highest BCUT2D eigenvalue weighted by Crippen LogP contribution is 2.34. The molecule has 0 unspecified atom stereocenters. The van der Waals surface area contributed by atoms with E-state index in [1.807, 2.05) is 6.07 Å². The van der Waals surface area contributed by atoms with Crippen molar-refractivity contribution in [3.8, 4) is 16.9 Å². The zero-order valence-electron chi connectivity index (χ0n) is 18.1. The average molecular weight is 451 g/mol. The number of fused-ring (bicyclic) bond motifs is 1. The minimum atomic E-state index is -0.473. The Bertz CT molecular complexity index is 1300. The van der Waals surface area contributed by atoms with Crippen LogP contribution in [-0.4, -0.2) is 12.6 Å². The Labute approximate surface area is 189 Å². The number of rotatable bonds is 8. The summed E-state index contributed by atoms with van der Waals surface area (Å²) < 4.78 is 45.3. The lowest BCUT2D eigenvalue weighted by molar-refractivity contribution is -0.142. The predicted molar refractivity (Wildman–Crippen MR) is 121 cm³/mol. The first-order chi connectivity index (χ1) is 16.0. The van der Waals surface area contributed by atoms with E-state index >= 15 is 4.39 Å². The fourth-order valence-corrected chi connectivity index (χ4v) is 3.73. The van der Waals surface area contributed by atoms with E-state index in [0.29, 0.717) is 33.6 Å². The van der Waals surface area contributed by atoms with E-state index in [1.54, 1.807) is 43.5 Å². The molecular formula is C26H23F2NO4. The van der Waals surface area contributed by atoms with Crippen LogP contribution in [0.3, 0.4) is 0 Å². The molecule has 5 nitrogen and oxygen atoms in total. The highest BCUT2D eigenvalue weighted by atomic mass is 19.1. The van der Waals surface area contributed by atoms with Crippen LogP contribution in [0.25, 0.3) is 22.1 Å². The number of carbonyl (C=O) groups excluding carboxylic acids is 1. The lowest BCUT2D eigenvalue weighted by Crippen LogP contribution is -2.09. The summed E-state index contributed by atoms with van der Waals surface area (Å²) in [5.41, 5.74) is 8.73. The Morgan fingerprint density at radius 2 is 1.88 bits per heavy atom. The number of furan rings is 1. The Morgan fingerprint density at radius 1 is 1.03 bits per heavy atom. The summed E-state index contributed by atoms with van der Waals surface area (Å²) in [7, 11) is 0. The lowest BCUT2D eigenvalue weighted by Gasteiger charge is -2.13. The van der Waals surface area contributed by atoms with Gasteiger partial charge in [-0.1, -0.05) is 18.2 Å². The standard InChI is InChI=1S/C26H23F2NO4/c1-2-31-24(30)13-19-12-20(27)6-7-23(19)33-15-16-10-17-8-9-32-26(17)22(11-16)21-5-3-4-18(14-29)25(21)28/h3-12H,2,13-15,29H2,1H3. The minimum absolute atomic E-state index is 0.0809. The van der Waals surface area contributed by atoms with Crippen molar-refractivity contribution < 1.29 is 27.5 Å². The zero-order chi connectivity index (χ0) is 23.4. The van der Waals surface area contributed by atoms with Gasteiger partial charge in [-0.05, 0) is 48.9 Å². The van der Waals surface area contributed by atoms with Gasteiger partial charge in [-0.2, -0.15) is 0 Å². The molecule has 0 bridgehead atoms. The average Bonchev–Trinajstić information content (AvgIpc) is 3.27. The Kier molecular flexibility index (Phi) is 6.70. The van der Waals surface area contributed by atoms with Gasteiger partial charge < -0.3 is 19.6 Å². The molecule has 0 aliphatic rings. The van der Waals surface area contributed by atoms with Crippen LogP contribution in [0.1, 0.15) is 23.6 Å². The Morgan fingerprint density at radius 3 is 2.67 bits per heavy atom. The van der Waals surface area contributed by atoms with Crippen LogP contribution in [0.5, 0.6) is 5.75 Å². The summed E-state index contributed by atoms with van der Waals surface area (Å²) in [4.78, 5) is 11.9. The third-order valence-corrected chi connectivity index (χ3v) is 5.26. The summed E-state index contributed by atoms with van der Waals surface area (Å²) >= 11 is 0. The van der Waals surface area contributed by atoms with Crippen molar-refractivity contribution in [2.75, 3.05) is 6.61 Å². The van der Waals surface area contributed by atoms with Gasteiger partial charge in [0, 0.05) is 34.2 Å². The lowest BCUT2D eigenvalue weighted by atomic mass is 9.98. The normalized spacial score (nSPS) is 11.0. The van der Waals surface area contributed by atoms with Crippen LogP contribution in [0.4, 0.5) is 8.78 Å². The van der Waals surface area contributed by atoms with Gasteiger partial charge in [-0.15, -0.1) is 0 Å². The zero-order valence-corrected chi connectivity index (χ0v) is 18.1. The fourth-order valence-electron chi connectivity index (χ4n) is 3.73. The van der Waals surface area contributed by atoms with Gasteiger partial charge in [-0.3, -0.25) is 4.79 Å². The van der Waals surface area contributed by atoms with Crippen molar-refractivity contribution in [3.05, 3.63) is 89.2 Å². The van der Waals surface area contributed by atoms with Crippen molar-refractivity contribution in [1.29, 1.82) is 0 Å². The number of hydrogen-bond donors (Lipinski definition) is 1. The molecule has 4 aromatic rings. The van der Waals surface area contributed by atoms with Gasteiger partial charge in [0.25, 0.3) is 0 Å². The van der Waals surface area contributed by atoms with Crippen LogP contribution in [0.2, 0.25) is 0 Å². The van der Waals surface area contributed by atoms with Crippen molar-refractivity contribution in [3.63, 3.8) is 0 Å². The van der Waals surface area contributed by atoms with Gasteiger partial charge in [0.2, 0.25) is 0 Å². The molecule has 1 heterocycles. The molecule has 0 aliphatic heterocycles. The molecule has 0 fully saturated rings. The van der Waals surface area contributed by atoms with Crippen LogP contribution < -0.4 is 10.5 Å². The van der Waals surface area contributed by atoms with Gasteiger partial charge in [-0.25, -0.2) is 8.78 Å². The van der Waals surface area contributed by atoms with Gasteiger partial charge in [0.1, 0.15) is 29.6 Å². The van der Waals surface area contributed by atoms with Crippen LogP contribution in [-0.2, 0) is 29.1 Å². The number of halogens is 2.